The number of ether oxygens (including phenoxy) is 1. The maximum absolute atomic E-state index is 14.1. The first kappa shape index (κ1) is 24.6. The van der Waals surface area contributed by atoms with Gasteiger partial charge < -0.3 is 25.6 Å². The summed E-state index contributed by atoms with van der Waals surface area (Å²) in [6.45, 7) is 1.92. The lowest BCUT2D eigenvalue weighted by atomic mass is 9.79. The maximum Gasteiger partial charge on any atom is 0.315 e. The number of amides is 3. The third-order valence-electron chi connectivity index (χ3n) is 8.12. The number of nitrogens with one attached hydrogen (secondary N) is 3. The van der Waals surface area contributed by atoms with Gasteiger partial charge in [0.2, 0.25) is 5.91 Å². The zero-order valence-electron chi connectivity index (χ0n) is 21.1. The van der Waals surface area contributed by atoms with Crippen molar-refractivity contribution in [1.82, 2.24) is 15.5 Å². The Hall–Kier alpha value is -3.06. The number of hydrogen-bond donors (Lipinski definition) is 3. The lowest BCUT2D eigenvalue weighted by Crippen LogP contribution is -2.52. The van der Waals surface area contributed by atoms with Gasteiger partial charge in [0.25, 0.3) is 0 Å². The number of benzene rings is 2. The van der Waals surface area contributed by atoms with Crippen LogP contribution in [0.5, 0.6) is 0 Å². The standard InChI is InChI=1S/C29H38N4O3/c1-36-19-9-17-30-29(35)32-25-15-8-6-13-22(25)28(34)33-18-16-23-26(20-10-3-2-4-11-20)31-24-14-7-5-12-21(24)27(23)33/h2-5,7,10-12,14,22-23,25-27,31H,6,8-9,13,15-19H2,1H3,(H2,30,32,35)/t22-,23-,25+,26-,27-/m0/s1. The van der Waals surface area contributed by atoms with Gasteiger partial charge in [-0.1, -0.05) is 61.4 Å². The second-order valence-corrected chi connectivity index (χ2v) is 10.3. The fourth-order valence-corrected chi connectivity index (χ4v) is 6.41. The highest BCUT2D eigenvalue weighted by Crippen LogP contribution is 2.51. The van der Waals surface area contributed by atoms with Crippen molar-refractivity contribution >= 4 is 17.6 Å². The summed E-state index contributed by atoms with van der Waals surface area (Å²) in [5.41, 5.74) is 3.58. The lowest BCUT2D eigenvalue weighted by Gasteiger charge is -2.42. The van der Waals surface area contributed by atoms with E-state index < -0.39 is 0 Å². The number of carbonyl (C=O) groups is 2. The minimum Gasteiger partial charge on any atom is -0.385 e. The van der Waals surface area contributed by atoms with E-state index in [9.17, 15) is 9.59 Å². The van der Waals surface area contributed by atoms with Crippen molar-refractivity contribution in [2.45, 2.75) is 56.7 Å². The lowest BCUT2D eigenvalue weighted by molar-refractivity contribution is -0.138. The Bertz CT molecular complexity index is 1050. The molecule has 3 amide bonds. The molecular formula is C29H38N4O3. The Morgan fingerprint density at radius 1 is 1.03 bits per heavy atom. The topological polar surface area (TPSA) is 82.7 Å². The summed E-state index contributed by atoms with van der Waals surface area (Å²) in [6.07, 6.45) is 5.45. The molecule has 0 spiro atoms. The van der Waals surface area contributed by atoms with E-state index in [0.717, 1.165) is 50.8 Å². The minimum absolute atomic E-state index is 0.0469. The first-order chi connectivity index (χ1) is 17.7. The number of methoxy groups -OCH3 is 1. The number of urea groups is 1. The maximum atomic E-state index is 14.1. The van der Waals surface area contributed by atoms with Gasteiger partial charge in [0.05, 0.1) is 18.0 Å². The average Bonchev–Trinajstić information content (AvgIpc) is 3.37. The SMILES string of the molecule is COCCCNC(=O)N[C@@H]1CCCC[C@@H]1C(=O)N1CC[C@H]2[C@H](c3ccccc3)Nc3ccccc3[C@@H]21. The van der Waals surface area contributed by atoms with Crippen LogP contribution >= 0.6 is 0 Å². The van der Waals surface area contributed by atoms with Crippen LogP contribution in [0.15, 0.2) is 54.6 Å². The van der Waals surface area contributed by atoms with Gasteiger partial charge in [0, 0.05) is 44.5 Å². The Balaban J connectivity index is 1.35. The summed E-state index contributed by atoms with van der Waals surface area (Å²) in [4.78, 5) is 28.8. The van der Waals surface area contributed by atoms with E-state index in [1.165, 1.54) is 11.1 Å². The summed E-state index contributed by atoms with van der Waals surface area (Å²) < 4.78 is 5.06. The smallest absolute Gasteiger partial charge is 0.315 e. The van der Waals surface area contributed by atoms with Gasteiger partial charge in [-0.2, -0.15) is 0 Å². The van der Waals surface area contributed by atoms with Crippen molar-refractivity contribution in [2.24, 2.45) is 11.8 Å². The quantitative estimate of drug-likeness (QED) is 0.494. The van der Waals surface area contributed by atoms with Crippen LogP contribution in [0.25, 0.3) is 0 Å². The average molecular weight is 491 g/mol. The van der Waals surface area contributed by atoms with E-state index in [4.69, 9.17) is 4.74 Å². The van der Waals surface area contributed by atoms with Gasteiger partial charge in [-0.25, -0.2) is 4.79 Å². The van der Waals surface area contributed by atoms with E-state index in [1.807, 2.05) is 6.07 Å². The summed E-state index contributed by atoms with van der Waals surface area (Å²) in [5, 5.41) is 9.81. The van der Waals surface area contributed by atoms with E-state index in [1.54, 1.807) is 7.11 Å². The molecule has 5 rings (SSSR count). The molecule has 0 unspecified atom stereocenters. The third-order valence-corrected chi connectivity index (χ3v) is 8.12. The van der Waals surface area contributed by atoms with Crippen LogP contribution in [-0.4, -0.2) is 49.7 Å². The number of likely N-dealkylation sites (tertiary alicyclic amines) is 1. The largest absolute Gasteiger partial charge is 0.385 e. The molecule has 7 heteroatoms. The van der Waals surface area contributed by atoms with Gasteiger partial charge >= 0.3 is 6.03 Å². The fourth-order valence-electron chi connectivity index (χ4n) is 6.41. The van der Waals surface area contributed by atoms with Gasteiger partial charge in [-0.05, 0) is 42.9 Å². The summed E-state index contributed by atoms with van der Waals surface area (Å²) in [6, 6.07) is 18.9. The molecule has 192 valence electrons. The minimum atomic E-state index is -0.188. The van der Waals surface area contributed by atoms with E-state index in [-0.39, 0.29) is 36.0 Å². The van der Waals surface area contributed by atoms with E-state index >= 15 is 0 Å². The number of anilines is 1. The highest BCUT2D eigenvalue weighted by molar-refractivity contribution is 5.82. The molecule has 5 atom stereocenters. The number of para-hydroxylation sites is 1. The second kappa shape index (κ2) is 11.3. The van der Waals surface area contributed by atoms with Crippen LogP contribution in [0.2, 0.25) is 0 Å². The molecule has 3 aliphatic rings. The monoisotopic (exact) mass is 490 g/mol. The van der Waals surface area contributed by atoms with Crippen LogP contribution < -0.4 is 16.0 Å². The summed E-state index contributed by atoms with van der Waals surface area (Å²) in [5.74, 6) is 0.320. The predicted octanol–water partition coefficient (Wildman–Crippen LogP) is 4.64. The van der Waals surface area contributed by atoms with Gasteiger partial charge in [-0.3, -0.25) is 4.79 Å². The molecule has 7 nitrogen and oxygen atoms in total. The molecule has 1 saturated carbocycles. The van der Waals surface area contributed by atoms with Crippen LogP contribution in [0, 0.1) is 11.8 Å². The highest BCUT2D eigenvalue weighted by atomic mass is 16.5. The first-order valence-corrected chi connectivity index (χ1v) is 13.4. The van der Waals surface area contributed by atoms with Crippen molar-refractivity contribution < 1.29 is 14.3 Å². The van der Waals surface area contributed by atoms with Crippen molar-refractivity contribution in [3.05, 3.63) is 65.7 Å². The summed E-state index contributed by atoms with van der Waals surface area (Å²) >= 11 is 0. The van der Waals surface area contributed by atoms with Crippen molar-refractivity contribution in [2.75, 3.05) is 32.1 Å². The number of nitrogens with zero attached hydrogens (tertiary/aromatic N) is 1. The number of carbonyl (C=O) groups excluding carboxylic acids is 2. The normalized spacial score (nSPS) is 26.9. The zero-order chi connectivity index (χ0) is 24.9. The molecule has 2 aromatic carbocycles. The Kier molecular flexibility index (Phi) is 7.75. The molecule has 2 fully saturated rings. The fraction of sp³-hybridized carbons (Fsp3) is 0.517. The van der Waals surface area contributed by atoms with Gasteiger partial charge in [-0.15, -0.1) is 0 Å². The Labute approximate surface area is 214 Å². The zero-order valence-corrected chi connectivity index (χ0v) is 21.1. The number of rotatable bonds is 7. The van der Waals surface area contributed by atoms with Gasteiger partial charge in [0.15, 0.2) is 0 Å². The van der Waals surface area contributed by atoms with Crippen LogP contribution in [-0.2, 0) is 9.53 Å². The molecule has 0 bridgehead atoms. The molecular weight excluding hydrogens is 452 g/mol. The van der Waals surface area contributed by atoms with Crippen molar-refractivity contribution in [3.8, 4) is 0 Å². The number of hydrogen-bond acceptors (Lipinski definition) is 4. The third kappa shape index (κ3) is 5.07. The molecule has 2 aromatic rings. The van der Waals surface area contributed by atoms with Crippen molar-refractivity contribution in [3.63, 3.8) is 0 Å². The van der Waals surface area contributed by atoms with Crippen LogP contribution in [0.3, 0.4) is 0 Å². The van der Waals surface area contributed by atoms with Gasteiger partial charge in [0.1, 0.15) is 0 Å². The Morgan fingerprint density at radius 2 is 1.81 bits per heavy atom. The predicted molar refractivity (Wildman–Crippen MR) is 141 cm³/mol. The molecule has 0 aromatic heterocycles. The molecule has 1 aliphatic carbocycles. The number of fused-ring (bicyclic) bond motifs is 3. The van der Waals surface area contributed by atoms with Crippen molar-refractivity contribution in [1.29, 1.82) is 0 Å². The molecule has 36 heavy (non-hydrogen) atoms. The Morgan fingerprint density at radius 3 is 2.64 bits per heavy atom. The molecule has 0 radical (unpaired) electrons. The van der Waals surface area contributed by atoms with E-state index in [2.05, 4.69) is 69.4 Å². The van der Waals surface area contributed by atoms with Crippen LogP contribution in [0.4, 0.5) is 10.5 Å². The molecule has 3 N–H and O–H groups in total. The second-order valence-electron chi connectivity index (χ2n) is 10.3. The first-order valence-electron chi connectivity index (χ1n) is 13.4. The molecule has 2 aliphatic heterocycles. The molecule has 1 saturated heterocycles. The van der Waals surface area contributed by atoms with Crippen LogP contribution in [0.1, 0.15) is 61.7 Å². The molecule has 2 heterocycles. The van der Waals surface area contributed by atoms with E-state index in [0.29, 0.717) is 19.1 Å². The summed E-state index contributed by atoms with van der Waals surface area (Å²) in [7, 11) is 1.66. The highest BCUT2D eigenvalue weighted by Gasteiger charge is 2.48.